The number of carbonyl (C=O) groups excluding carboxylic acids is 1. The van der Waals surface area contributed by atoms with E-state index in [2.05, 4.69) is 10.2 Å². The molecule has 2 amide bonds. The van der Waals surface area contributed by atoms with Crippen molar-refractivity contribution in [3.05, 3.63) is 0 Å². The Morgan fingerprint density at radius 1 is 1.40 bits per heavy atom. The second-order valence-corrected chi connectivity index (χ2v) is 5.88. The lowest BCUT2D eigenvalue weighted by Crippen LogP contribution is -2.51. The number of amides is 2. The molecule has 3 N–H and O–H groups in total. The van der Waals surface area contributed by atoms with Crippen molar-refractivity contribution in [2.45, 2.75) is 38.3 Å². The highest BCUT2D eigenvalue weighted by molar-refractivity contribution is 5.75. The number of nitrogens with one attached hydrogen (secondary N) is 1. The molecule has 1 heterocycles. The predicted octanol–water partition coefficient (Wildman–Crippen LogP) is -0.0523. The van der Waals surface area contributed by atoms with Gasteiger partial charge in [-0.25, -0.2) is 4.79 Å². The zero-order valence-corrected chi connectivity index (χ0v) is 12.4. The lowest BCUT2D eigenvalue weighted by Gasteiger charge is -2.30. The second-order valence-electron chi connectivity index (χ2n) is 5.88. The maximum atomic E-state index is 12.1. The van der Waals surface area contributed by atoms with E-state index in [0.717, 1.165) is 19.5 Å². The molecule has 20 heavy (non-hydrogen) atoms. The van der Waals surface area contributed by atoms with Gasteiger partial charge in [-0.3, -0.25) is 4.79 Å². The van der Waals surface area contributed by atoms with Crippen LogP contribution in [-0.4, -0.2) is 76.9 Å². The summed E-state index contributed by atoms with van der Waals surface area (Å²) in [6, 6.07) is -0.162. The van der Waals surface area contributed by atoms with Crippen molar-refractivity contribution >= 4 is 12.0 Å². The number of aliphatic hydroxyl groups is 1. The van der Waals surface area contributed by atoms with Gasteiger partial charge in [0.25, 0.3) is 0 Å². The smallest absolute Gasteiger partial charge is 0.317 e. The van der Waals surface area contributed by atoms with Gasteiger partial charge >= 0.3 is 12.0 Å². The lowest BCUT2D eigenvalue weighted by atomic mass is 10.0. The minimum absolute atomic E-state index is 0.0722. The Labute approximate surface area is 119 Å². The topological polar surface area (TPSA) is 93.1 Å². The number of nitrogens with zero attached hydrogens (tertiary/aromatic N) is 2. The third kappa shape index (κ3) is 5.34. The molecule has 0 spiro atoms. The van der Waals surface area contributed by atoms with Crippen LogP contribution in [0.3, 0.4) is 0 Å². The largest absolute Gasteiger partial charge is 0.481 e. The summed E-state index contributed by atoms with van der Waals surface area (Å²) < 4.78 is 0. The number of likely N-dealkylation sites (N-methyl/N-ethyl adjacent to an activating group) is 1. The minimum atomic E-state index is -1.44. The molecule has 0 radical (unpaired) electrons. The van der Waals surface area contributed by atoms with E-state index in [9.17, 15) is 14.7 Å². The summed E-state index contributed by atoms with van der Waals surface area (Å²) in [6.07, 6.45) is 0.505. The molecule has 1 saturated heterocycles. The van der Waals surface area contributed by atoms with E-state index in [0.29, 0.717) is 6.54 Å². The van der Waals surface area contributed by atoms with Crippen LogP contribution in [0.1, 0.15) is 26.7 Å². The minimum Gasteiger partial charge on any atom is -0.481 e. The van der Waals surface area contributed by atoms with Gasteiger partial charge in [-0.2, -0.15) is 0 Å². The molecule has 0 aromatic rings. The van der Waals surface area contributed by atoms with Gasteiger partial charge in [0.05, 0.1) is 12.0 Å². The van der Waals surface area contributed by atoms with Gasteiger partial charge in [0.15, 0.2) is 0 Å². The van der Waals surface area contributed by atoms with Gasteiger partial charge < -0.3 is 25.3 Å². The molecule has 7 nitrogen and oxygen atoms in total. The Morgan fingerprint density at radius 2 is 2.05 bits per heavy atom. The van der Waals surface area contributed by atoms with Crippen molar-refractivity contribution in [3.8, 4) is 0 Å². The lowest BCUT2D eigenvalue weighted by molar-refractivity contribution is -0.141. The van der Waals surface area contributed by atoms with Crippen LogP contribution >= 0.6 is 0 Å². The van der Waals surface area contributed by atoms with E-state index in [1.807, 2.05) is 14.0 Å². The molecule has 2 atom stereocenters. The van der Waals surface area contributed by atoms with Crippen molar-refractivity contribution in [3.63, 3.8) is 0 Å². The Kier molecular flexibility index (Phi) is 5.76. The van der Waals surface area contributed by atoms with Crippen LogP contribution in [0, 0.1) is 0 Å². The molecular formula is C13H25N3O4. The Hall–Kier alpha value is -1.34. The van der Waals surface area contributed by atoms with E-state index in [-0.39, 0.29) is 18.6 Å². The number of urea groups is 1. The average Bonchev–Trinajstić information content (AvgIpc) is 2.45. The highest BCUT2D eigenvalue weighted by Gasteiger charge is 2.28. The van der Waals surface area contributed by atoms with Gasteiger partial charge in [-0.05, 0) is 33.9 Å². The van der Waals surface area contributed by atoms with Crippen LogP contribution in [0.25, 0.3) is 0 Å². The Bertz CT molecular complexity index is 360. The van der Waals surface area contributed by atoms with Crippen LogP contribution in [0.5, 0.6) is 0 Å². The number of carboxylic acids is 1. The number of hydrogen-bond donors (Lipinski definition) is 3. The SMILES string of the molecule is CC1CN(C)CCCN1C(=O)NCC(C)(O)CC(=O)O. The first-order chi connectivity index (χ1) is 9.21. The third-order valence-corrected chi connectivity index (χ3v) is 3.46. The number of hydrogen-bond acceptors (Lipinski definition) is 4. The van der Waals surface area contributed by atoms with E-state index in [4.69, 9.17) is 5.11 Å². The molecule has 7 heteroatoms. The Balaban J connectivity index is 2.51. The summed E-state index contributed by atoms with van der Waals surface area (Å²) in [4.78, 5) is 26.7. The van der Waals surface area contributed by atoms with Crippen molar-refractivity contribution in [2.24, 2.45) is 0 Å². The standard InChI is InChI=1S/C13H25N3O4/c1-10-8-15(3)5-4-6-16(10)12(19)14-9-13(2,20)7-11(17)18/h10,20H,4-9H2,1-3H3,(H,14,19)(H,17,18). The fourth-order valence-electron chi connectivity index (χ4n) is 2.43. The summed E-state index contributed by atoms with van der Waals surface area (Å²) in [5.74, 6) is -1.09. The quantitative estimate of drug-likeness (QED) is 0.674. The molecule has 1 aliphatic rings. The first-order valence-electron chi connectivity index (χ1n) is 6.88. The monoisotopic (exact) mass is 287 g/mol. The van der Waals surface area contributed by atoms with Crippen molar-refractivity contribution in [1.29, 1.82) is 0 Å². The van der Waals surface area contributed by atoms with Gasteiger partial charge in [0.1, 0.15) is 0 Å². The van der Waals surface area contributed by atoms with Gasteiger partial charge in [-0.15, -0.1) is 0 Å². The Morgan fingerprint density at radius 3 is 2.65 bits per heavy atom. The molecule has 1 aliphatic heterocycles. The number of rotatable bonds is 4. The number of aliphatic carboxylic acids is 1. The highest BCUT2D eigenvalue weighted by atomic mass is 16.4. The first kappa shape index (κ1) is 16.7. The fourth-order valence-corrected chi connectivity index (χ4v) is 2.43. The zero-order chi connectivity index (χ0) is 15.3. The molecule has 1 fully saturated rings. The summed E-state index contributed by atoms with van der Waals surface area (Å²) in [6.45, 7) is 5.73. The van der Waals surface area contributed by atoms with E-state index in [1.165, 1.54) is 6.92 Å². The summed E-state index contributed by atoms with van der Waals surface area (Å²) in [7, 11) is 2.02. The van der Waals surface area contributed by atoms with E-state index >= 15 is 0 Å². The van der Waals surface area contributed by atoms with Crippen LogP contribution in [0.4, 0.5) is 4.79 Å². The van der Waals surface area contributed by atoms with E-state index < -0.39 is 18.0 Å². The molecule has 0 saturated carbocycles. The summed E-state index contributed by atoms with van der Waals surface area (Å²) in [5, 5.41) is 21.2. The van der Waals surface area contributed by atoms with Crippen LogP contribution in [0.15, 0.2) is 0 Å². The van der Waals surface area contributed by atoms with Gasteiger partial charge in [0, 0.05) is 25.7 Å². The summed E-state index contributed by atoms with van der Waals surface area (Å²) in [5.41, 5.74) is -1.44. The van der Waals surface area contributed by atoms with Gasteiger partial charge in [0.2, 0.25) is 0 Å². The fraction of sp³-hybridized carbons (Fsp3) is 0.846. The molecule has 0 aliphatic carbocycles. The normalized spacial score (nSPS) is 23.8. The van der Waals surface area contributed by atoms with Crippen molar-refractivity contribution in [1.82, 2.24) is 15.1 Å². The second kappa shape index (κ2) is 6.90. The molecular weight excluding hydrogens is 262 g/mol. The average molecular weight is 287 g/mol. The van der Waals surface area contributed by atoms with Crippen molar-refractivity contribution in [2.75, 3.05) is 33.2 Å². The predicted molar refractivity (Wildman–Crippen MR) is 74.6 cm³/mol. The molecule has 1 rings (SSSR count). The third-order valence-electron chi connectivity index (χ3n) is 3.46. The van der Waals surface area contributed by atoms with E-state index in [1.54, 1.807) is 4.90 Å². The summed E-state index contributed by atoms with van der Waals surface area (Å²) >= 11 is 0. The number of carbonyl (C=O) groups is 2. The molecule has 116 valence electrons. The van der Waals surface area contributed by atoms with Gasteiger partial charge in [-0.1, -0.05) is 0 Å². The zero-order valence-electron chi connectivity index (χ0n) is 12.4. The van der Waals surface area contributed by atoms with Crippen LogP contribution < -0.4 is 5.32 Å². The molecule has 2 unspecified atom stereocenters. The molecule has 0 bridgehead atoms. The van der Waals surface area contributed by atoms with Crippen LogP contribution in [-0.2, 0) is 4.79 Å². The maximum absolute atomic E-state index is 12.1. The van der Waals surface area contributed by atoms with Crippen LogP contribution in [0.2, 0.25) is 0 Å². The molecule has 0 aromatic carbocycles. The van der Waals surface area contributed by atoms with Crippen molar-refractivity contribution < 1.29 is 19.8 Å². The molecule has 0 aromatic heterocycles. The highest BCUT2D eigenvalue weighted by Crippen LogP contribution is 2.11. The first-order valence-corrected chi connectivity index (χ1v) is 6.88. The maximum Gasteiger partial charge on any atom is 0.317 e. The number of carboxylic acid groups (broad SMARTS) is 1.